The molecule has 1 aliphatic heterocycles. The van der Waals surface area contributed by atoms with E-state index < -0.39 is 12.1 Å². The Kier molecular flexibility index (Phi) is 5.33. The van der Waals surface area contributed by atoms with Gasteiger partial charge in [-0.05, 0) is 31.7 Å². The number of esters is 1. The molecule has 1 fully saturated rings. The Bertz CT molecular complexity index is 490. The number of hydrogen-bond acceptors (Lipinski definition) is 4. The SMILES string of the molecule is CCOC(=O)C1CCCCN1C(=O)[C@@H](N)c1ccccc1. The highest BCUT2D eigenvalue weighted by atomic mass is 16.5. The van der Waals surface area contributed by atoms with Gasteiger partial charge in [0.25, 0.3) is 0 Å². The van der Waals surface area contributed by atoms with Crippen LogP contribution >= 0.6 is 0 Å². The summed E-state index contributed by atoms with van der Waals surface area (Å²) < 4.78 is 5.07. The number of hydrogen-bond donors (Lipinski definition) is 1. The van der Waals surface area contributed by atoms with Crippen molar-refractivity contribution in [1.82, 2.24) is 4.90 Å². The number of likely N-dealkylation sites (tertiary alicyclic amines) is 1. The van der Waals surface area contributed by atoms with Crippen molar-refractivity contribution in [2.75, 3.05) is 13.2 Å². The minimum Gasteiger partial charge on any atom is -0.464 e. The first-order valence-corrected chi connectivity index (χ1v) is 7.42. The summed E-state index contributed by atoms with van der Waals surface area (Å²) in [6, 6.07) is 7.99. The summed E-state index contributed by atoms with van der Waals surface area (Å²) in [6.07, 6.45) is 2.46. The van der Waals surface area contributed by atoms with Gasteiger partial charge in [-0.3, -0.25) is 4.79 Å². The Morgan fingerprint density at radius 2 is 2.05 bits per heavy atom. The van der Waals surface area contributed by atoms with Gasteiger partial charge in [0.15, 0.2) is 0 Å². The van der Waals surface area contributed by atoms with Gasteiger partial charge in [-0.25, -0.2) is 4.79 Å². The fraction of sp³-hybridized carbons (Fsp3) is 0.500. The van der Waals surface area contributed by atoms with Crippen molar-refractivity contribution in [3.05, 3.63) is 35.9 Å². The minimum absolute atomic E-state index is 0.209. The highest BCUT2D eigenvalue weighted by molar-refractivity contribution is 5.88. The Hall–Kier alpha value is -1.88. The van der Waals surface area contributed by atoms with Crippen LogP contribution in [0.25, 0.3) is 0 Å². The molecule has 5 nitrogen and oxygen atoms in total. The maximum absolute atomic E-state index is 12.6. The summed E-state index contributed by atoms with van der Waals surface area (Å²) in [4.78, 5) is 26.2. The van der Waals surface area contributed by atoms with Crippen molar-refractivity contribution in [2.45, 2.75) is 38.3 Å². The van der Waals surface area contributed by atoms with E-state index in [2.05, 4.69) is 0 Å². The average Bonchev–Trinajstić information content (AvgIpc) is 2.54. The topological polar surface area (TPSA) is 72.6 Å². The van der Waals surface area contributed by atoms with Crippen LogP contribution in [0.2, 0.25) is 0 Å². The number of rotatable bonds is 4. The van der Waals surface area contributed by atoms with Crippen molar-refractivity contribution < 1.29 is 14.3 Å². The standard InChI is InChI=1S/C16H22N2O3/c1-2-21-16(20)13-10-6-7-11-18(13)15(19)14(17)12-8-4-3-5-9-12/h3-5,8-9,13-14H,2,6-7,10-11,17H2,1H3/t13?,14-/m0/s1. The molecule has 5 heteroatoms. The van der Waals surface area contributed by atoms with Crippen LogP contribution < -0.4 is 5.73 Å². The first-order valence-electron chi connectivity index (χ1n) is 7.42. The first-order chi connectivity index (χ1) is 10.1. The van der Waals surface area contributed by atoms with E-state index in [4.69, 9.17) is 10.5 Å². The summed E-state index contributed by atoms with van der Waals surface area (Å²) in [5.41, 5.74) is 6.82. The lowest BCUT2D eigenvalue weighted by Crippen LogP contribution is -2.51. The Balaban J connectivity index is 2.13. The maximum atomic E-state index is 12.6. The number of benzene rings is 1. The Labute approximate surface area is 125 Å². The van der Waals surface area contributed by atoms with E-state index in [9.17, 15) is 9.59 Å². The molecule has 1 aliphatic rings. The number of carbonyl (C=O) groups is 2. The zero-order valence-electron chi connectivity index (χ0n) is 12.3. The molecular weight excluding hydrogens is 268 g/mol. The van der Waals surface area contributed by atoms with E-state index in [0.29, 0.717) is 19.6 Å². The second kappa shape index (κ2) is 7.22. The molecule has 1 aromatic rings. The molecule has 1 heterocycles. The molecule has 1 aromatic carbocycles. The van der Waals surface area contributed by atoms with Crippen LogP contribution in [-0.4, -0.2) is 36.0 Å². The molecule has 2 atom stereocenters. The smallest absolute Gasteiger partial charge is 0.328 e. The van der Waals surface area contributed by atoms with Gasteiger partial charge in [0, 0.05) is 6.54 Å². The zero-order valence-corrected chi connectivity index (χ0v) is 12.3. The second-order valence-corrected chi connectivity index (χ2v) is 5.18. The zero-order chi connectivity index (χ0) is 15.2. The number of nitrogens with two attached hydrogens (primary N) is 1. The molecule has 0 saturated carbocycles. The average molecular weight is 290 g/mol. The number of carbonyl (C=O) groups excluding carboxylic acids is 2. The molecule has 0 bridgehead atoms. The van der Waals surface area contributed by atoms with Gasteiger partial charge in [0.05, 0.1) is 6.61 Å². The van der Waals surface area contributed by atoms with E-state index in [0.717, 1.165) is 18.4 Å². The number of amides is 1. The van der Waals surface area contributed by atoms with Crippen LogP contribution in [0.4, 0.5) is 0 Å². The molecule has 1 amide bonds. The normalized spacial score (nSPS) is 19.9. The van der Waals surface area contributed by atoms with Crippen LogP contribution in [0.15, 0.2) is 30.3 Å². The quantitative estimate of drug-likeness (QED) is 0.855. The molecule has 114 valence electrons. The molecule has 2 N–H and O–H groups in total. The molecule has 0 aliphatic carbocycles. The van der Waals surface area contributed by atoms with Gasteiger partial charge in [0.1, 0.15) is 12.1 Å². The van der Waals surface area contributed by atoms with E-state index in [1.54, 1.807) is 11.8 Å². The molecule has 0 radical (unpaired) electrons. The molecule has 0 spiro atoms. The monoisotopic (exact) mass is 290 g/mol. The third-order valence-corrected chi connectivity index (χ3v) is 3.77. The lowest BCUT2D eigenvalue weighted by molar-refractivity contribution is -0.157. The van der Waals surface area contributed by atoms with Crippen molar-refractivity contribution in [1.29, 1.82) is 0 Å². The fourth-order valence-corrected chi connectivity index (χ4v) is 2.66. The molecule has 0 aromatic heterocycles. The van der Waals surface area contributed by atoms with Gasteiger partial charge in [-0.15, -0.1) is 0 Å². The summed E-state index contributed by atoms with van der Waals surface area (Å²) in [5, 5.41) is 0. The molecule has 1 unspecified atom stereocenters. The maximum Gasteiger partial charge on any atom is 0.328 e. The van der Waals surface area contributed by atoms with Gasteiger partial charge < -0.3 is 15.4 Å². The highest BCUT2D eigenvalue weighted by Gasteiger charge is 2.35. The van der Waals surface area contributed by atoms with Gasteiger partial charge in [-0.1, -0.05) is 30.3 Å². The first kappa shape index (κ1) is 15.5. The van der Waals surface area contributed by atoms with E-state index >= 15 is 0 Å². The van der Waals surface area contributed by atoms with Crippen molar-refractivity contribution in [3.8, 4) is 0 Å². The van der Waals surface area contributed by atoms with Crippen LogP contribution in [-0.2, 0) is 14.3 Å². The van der Waals surface area contributed by atoms with Gasteiger partial charge in [-0.2, -0.15) is 0 Å². The third kappa shape index (κ3) is 3.61. The second-order valence-electron chi connectivity index (χ2n) is 5.18. The predicted molar refractivity (Wildman–Crippen MR) is 79.4 cm³/mol. The molecule has 1 saturated heterocycles. The van der Waals surface area contributed by atoms with Gasteiger partial charge in [0.2, 0.25) is 5.91 Å². The largest absolute Gasteiger partial charge is 0.464 e. The van der Waals surface area contributed by atoms with Crippen LogP contribution in [0.3, 0.4) is 0 Å². The summed E-state index contributed by atoms with van der Waals surface area (Å²) >= 11 is 0. The van der Waals surface area contributed by atoms with Crippen LogP contribution in [0.5, 0.6) is 0 Å². The summed E-state index contributed by atoms with van der Waals surface area (Å²) in [5.74, 6) is -0.537. The molecular formula is C16H22N2O3. The van der Waals surface area contributed by atoms with Crippen molar-refractivity contribution in [3.63, 3.8) is 0 Å². The van der Waals surface area contributed by atoms with E-state index in [-0.39, 0.29) is 11.9 Å². The predicted octanol–water partition coefficient (Wildman–Crippen LogP) is 1.63. The fourth-order valence-electron chi connectivity index (χ4n) is 2.66. The molecule has 21 heavy (non-hydrogen) atoms. The van der Waals surface area contributed by atoms with Crippen LogP contribution in [0.1, 0.15) is 37.8 Å². The molecule has 2 rings (SSSR count). The summed E-state index contributed by atoms with van der Waals surface area (Å²) in [6.45, 7) is 2.65. The van der Waals surface area contributed by atoms with Crippen LogP contribution in [0, 0.1) is 0 Å². The highest BCUT2D eigenvalue weighted by Crippen LogP contribution is 2.22. The van der Waals surface area contributed by atoms with Gasteiger partial charge >= 0.3 is 5.97 Å². The third-order valence-electron chi connectivity index (χ3n) is 3.77. The lowest BCUT2D eigenvalue weighted by atomic mass is 9.99. The number of piperidine rings is 1. The van der Waals surface area contributed by atoms with Crippen molar-refractivity contribution in [2.24, 2.45) is 5.73 Å². The Morgan fingerprint density at radius 3 is 2.71 bits per heavy atom. The number of ether oxygens (including phenoxy) is 1. The van der Waals surface area contributed by atoms with E-state index in [1.807, 2.05) is 30.3 Å². The minimum atomic E-state index is -0.735. The summed E-state index contributed by atoms with van der Waals surface area (Å²) in [7, 11) is 0. The van der Waals surface area contributed by atoms with E-state index in [1.165, 1.54) is 0 Å². The number of nitrogens with zero attached hydrogens (tertiary/aromatic N) is 1. The van der Waals surface area contributed by atoms with Crippen molar-refractivity contribution >= 4 is 11.9 Å². The lowest BCUT2D eigenvalue weighted by Gasteiger charge is -2.35. The Morgan fingerprint density at radius 1 is 1.33 bits per heavy atom.